The van der Waals surface area contributed by atoms with Gasteiger partial charge in [-0.05, 0) is 43.9 Å². The van der Waals surface area contributed by atoms with Gasteiger partial charge < -0.3 is 10.6 Å². The van der Waals surface area contributed by atoms with E-state index >= 15 is 0 Å². The summed E-state index contributed by atoms with van der Waals surface area (Å²) in [6, 6.07) is 4.36. The number of carbonyl (C=O) groups is 1. The summed E-state index contributed by atoms with van der Waals surface area (Å²) in [5.41, 5.74) is 2.39. The first kappa shape index (κ1) is 23.8. The van der Waals surface area contributed by atoms with Gasteiger partial charge in [0.05, 0.1) is 11.1 Å². The summed E-state index contributed by atoms with van der Waals surface area (Å²) in [5, 5.41) is -0.590. The number of nitrogens with zero attached hydrogens (tertiary/aromatic N) is 3. The molecule has 174 valence electrons. The fourth-order valence-corrected chi connectivity index (χ4v) is 4.57. The number of nitrogens with two attached hydrogens (primary N) is 1. The van der Waals surface area contributed by atoms with E-state index < -0.39 is 43.8 Å². The third kappa shape index (κ3) is 4.10. The van der Waals surface area contributed by atoms with Crippen molar-refractivity contribution in [2.24, 2.45) is 5.41 Å². The number of carbonyl (C=O) groups excluding carboxylic acids is 1. The van der Waals surface area contributed by atoms with Crippen LogP contribution in [0.25, 0.3) is 0 Å². The number of amides is 1. The van der Waals surface area contributed by atoms with E-state index in [9.17, 15) is 26.4 Å². The number of pyridine rings is 2. The molecule has 2 aromatic heterocycles. The van der Waals surface area contributed by atoms with Crippen molar-refractivity contribution in [3.05, 3.63) is 41.6 Å². The normalized spacial score (nSPS) is 17.9. The molecular weight excluding hydrogens is 447 g/mol. The van der Waals surface area contributed by atoms with Crippen LogP contribution in [0.4, 0.5) is 24.8 Å². The molecule has 12 heteroatoms. The summed E-state index contributed by atoms with van der Waals surface area (Å²) in [6.07, 6.45) is -3.31. The number of nitrogens with one attached hydrogen (secondary N) is 1. The summed E-state index contributed by atoms with van der Waals surface area (Å²) in [7, 11) is -4.59. The summed E-state index contributed by atoms with van der Waals surface area (Å²) < 4.78 is 68.4. The average Bonchev–Trinajstić information content (AvgIpc) is 2.87. The molecule has 3 heterocycles. The highest BCUT2D eigenvalue weighted by atomic mass is 32.2. The van der Waals surface area contributed by atoms with Crippen LogP contribution in [-0.2, 0) is 16.2 Å². The minimum atomic E-state index is -4.91. The minimum Gasteiger partial charge on any atom is -0.384 e. The summed E-state index contributed by atoms with van der Waals surface area (Å²) in [5.74, 6) is -1.81. The summed E-state index contributed by atoms with van der Waals surface area (Å²) in [6.45, 7) is 7.97. The van der Waals surface area contributed by atoms with Gasteiger partial charge in [0, 0.05) is 18.3 Å². The molecule has 1 aliphatic rings. The van der Waals surface area contributed by atoms with Crippen molar-refractivity contribution in [3.63, 3.8) is 0 Å². The van der Waals surface area contributed by atoms with Gasteiger partial charge >= 0.3 is 6.18 Å². The quantitative estimate of drug-likeness (QED) is 0.703. The molecule has 1 amide bonds. The molecule has 32 heavy (non-hydrogen) atoms. The SMILES string of the molecule is CC1(C)CCN(c2nccc(C(F)(F)F)c2C(=O)NS(=O)(=O)c2cccc(N)n2)C1(C)C. The van der Waals surface area contributed by atoms with Gasteiger partial charge in [-0.1, -0.05) is 19.9 Å². The van der Waals surface area contributed by atoms with Crippen molar-refractivity contribution in [1.29, 1.82) is 0 Å². The van der Waals surface area contributed by atoms with Gasteiger partial charge in [-0.25, -0.2) is 14.7 Å². The molecule has 0 aromatic carbocycles. The first-order valence-corrected chi connectivity index (χ1v) is 11.2. The molecule has 0 spiro atoms. The van der Waals surface area contributed by atoms with Crippen LogP contribution in [0.5, 0.6) is 0 Å². The van der Waals surface area contributed by atoms with Gasteiger partial charge in [0.15, 0.2) is 5.03 Å². The van der Waals surface area contributed by atoms with Crippen LogP contribution in [0.15, 0.2) is 35.5 Å². The Balaban J connectivity index is 2.13. The number of nitrogen functional groups attached to an aromatic ring is 1. The lowest BCUT2D eigenvalue weighted by atomic mass is 9.75. The van der Waals surface area contributed by atoms with E-state index in [0.29, 0.717) is 19.0 Å². The van der Waals surface area contributed by atoms with E-state index in [-0.39, 0.29) is 17.1 Å². The zero-order valence-electron chi connectivity index (χ0n) is 18.0. The number of hydrogen-bond acceptors (Lipinski definition) is 7. The van der Waals surface area contributed by atoms with Crippen molar-refractivity contribution >= 4 is 27.6 Å². The Kier molecular flexibility index (Phi) is 5.65. The van der Waals surface area contributed by atoms with E-state index in [1.165, 1.54) is 12.1 Å². The monoisotopic (exact) mass is 471 g/mol. The highest BCUT2D eigenvalue weighted by Gasteiger charge is 2.50. The maximum atomic E-state index is 13.8. The lowest BCUT2D eigenvalue weighted by molar-refractivity contribution is -0.138. The highest BCUT2D eigenvalue weighted by Crippen LogP contribution is 2.48. The third-order valence-electron chi connectivity index (χ3n) is 6.26. The predicted molar refractivity (Wildman–Crippen MR) is 112 cm³/mol. The number of hydrogen-bond donors (Lipinski definition) is 2. The summed E-state index contributed by atoms with van der Waals surface area (Å²) >= 11 is 0. The van der Waals surface area contributed by atoms with Gasteiger partial charge in [0.1, 0.15) is 11.6 Å². The van der Waals surface area contributed by atoms with E-state index in [1.807, 2.05) is 27.7 Å². The molecule has 8 nitrogen and oxygen atoms in total. The number of sulfonamides is 1. The van der Waals surface area contributed by atoms with Gasteiger partial charge in [0.2, 0.25) is 0 Å². The standard InChI is InChI=1S/C20H24F3N5O3S/c1-18(2)9-11-28(19(18,3)4)16-15(12(8-10-25-16)20(21,22)23)17(29)27-32(30,31)14-7-5-6-13(24)26-14/h5-8,10H,9,11H2,1-4H3,(H2,24,26)(H,27,29). The fourth-order valence-electron chi connectivity index (χ4n) is 3.63. The predicted octanol–water partition coefficient (Wildman–Crippen LogP) is 3.21. The molecule has 3 N–H and O–H groups in total. The Hall–Kier alpha value is -2.89. The second-order valence-electron chi connectivity index (χ2n) is 8.73. The molecule has 1 saturated heterocycles. The maximum Gasteiger partial charge on any atom is 0.417 e. The largest absolute Gasteiger partial charge is 0.417 e. The number of anilines is 2. The Bertz CT molecular complexity index is 1160. The van der Waals surface area contributed by atoms with Crippen LogP contribution in [-0.4, -0.2) is 36.4 Å². The zero-order valence-corrected chi connectivity index (χ0v) is 18.8. The molecule has 1 aliphatic heterocycles. The number of halogens is 3. The minimum absolute atomic E-state index is 0.126. The Labute approximate surface area is 184 Å². The number of rotatable bonds is 4. The van der Waals surface area contributed by atoms with E-state index in [0.717, 1.165) is 12.3 Å². The first-order chi connectivity index (χ1) is 14.6. The molecule has 0 atom stereocenters. The lowest BCUT2D eigenvalue weighted by Crippen LogP contribution is -2.48. The molecule has 0 saturated carbocycles. The topological polar surface area (TPSA) is 118 Å². The first-order valence-electron chi connectivity index (χ1n) is 9.71. The average molecular weight is 472 g/mol. The fraction of sp³-hybridized carbons (Fsp3) is 0.450. The van der Waals surface area contributed by atoms with Crippen LogP contribution in [0.2, 0.25) is 0 Å². The van der Waals surface area contributed by atoms with Gasteiger partial charge in [-0.15, -0.1) is 0 Å². The Morgan fingerprint density at radius 1 is 1.19 bits per heavy atom. The van der Waals surface area contributed by atoms with Crippen LogP contribution >= 0.6 is 0 Å². The zero-order chi connectivity index (χ0) is 24.1. The molecule has 1 fully saturated rings. The van der Waals surface area contributed by atoms with Crippen molar-refractivity contribution in [1.82, 2.24) is 14.7 Å². The molecule has 2 aromatic rings. The highest BCUT2D eigenvalue weighted by molar-refractivity contribution is 7.90. The van der Waals surface area contributed by atoms with E-state index in [1.54, 1.807) is 9.62 Å². The van der Waals surface area contributed by atoms with Crippen LogP contribution in [0.3, 0.4) is 0 Å². The number of alkyl halides is 3. The van der Waals surface area contributed by atoms with Crippen LogP contribution in [0, 0.1) is 5.41 Å². The van der Waals surface area contributed by atoms with Crippen molar-refractivity contribution in [2.45, 2.75) is 50.9 Å². The lowest BCUT2D eigenvalue weighted by Gasteiger charge is -2.42. The van der Waals surface area contributed by atoms with Crippen LogP contribution in [0.1, 0.15) is 50.0 Å². The molecule has 0 aliphatic carbocycles. The van der Waals surface area contributed by atoms with E-state index in [4.69, 9.17) is 5.73 Å². The van der Waals surface area contributed by atoms with Crippen molar-refractivity contribution < 1.29 is 26.4 Å². The van der Waals surface area contributed by atoms with Gasteiger partial charge in [-0.3, -0.25) is 4.79 Å². The molecule has 0 radical (unpaired) electrons. The van der Waals surface area contributed by atoms with E-state index in [2.05, 4.69) is 9.97 Å². The smallest absolute Gasteiger partial charge is 0.384 e. The maximum absolute atomic E-state index is 13.8. The molecular formula is C20H24F3N5O3S. The third-order valence-corrected chi connectivity index (χ3v) is 7.49. The van der Waals surface area contributed by atoms with Gasteiger partial charge in [-0.2, -0.15) is 21.6 Å². The van der Waals surface area contributed by atoms with Crippen molar-refractivity contribution in [2.75, 3.05) is 17.2 Å². The Morgan fingerprint density at radius 3 is 2.38 bits per heavy atom. The second-order valence-corrected chi connectivity index (χ2v) is 10.4. The van der Waals surface area contributed by atoms with Gasteiger partial charge in [0.25, 0.3) is 15.9 Å². The van der Waals surface area contributed by atoms with Crippen LogP contribution < -0.4 is 15.4 Å². The second kappa shape index (κ2) is 7.61. The Morgan fingerprint density at radius 2 is 1.84 bits per heavy atom. The summed E-state index contributed by atoms with van der Waals surface area (Å²) in [4.78, 5) is 22.3. The molecule has 3 rings (SSSR count). The molecule has 0 unspecified atom stereocenters. The van der Waals surface area contributed by atoms with Crippen molar-refractivity contribution in [3.8, 4) is 0 Å². The number of aromatic nitrogens is 2. The molecule has 0 bridgehead atoms.